The van der Waals surface area contributed by atoms with Gasteiger partial charge in [-0.2, -0.15) is 0 Å². The van der Waals surface area contributed by atoms with Crippen molar-refractivity contribution in [3.05, 3.63) is 108 Å². The summed E-state index contributed by atoms with van der Waals surface area (Å²) in [5, 5.41) is 26.7. The number of benzene rings is 2. The van der Waals surface area contributed by atoms with Crippen molar-refractivity contribution < 1.29 is 28.5 Å². The van der Waals surface area contributed by atoms with Crippen LogP contribution in [0.2, 0.25) is 0 Å². The minimum absolute atomic E-state index is 0.199. The number of hydrogen-bond acceptors (Lipinski definition) is 8. The van der Waals surface area contributed by atoms with Crippen molar-refractivity contribution in [1.29, 1.82) is 0 Å². The van der Waals surface area contributed by atoms with Crippen molar-refractivity contribution in [2.24, 2.45) is 0 Å². The molecule has 2 aromatic heterocycles. The van der Waals surface area contributed by atoms with Crippen molar-refractivity contribution in [1.82, 2.24) is 10.6 Å². The predicted octanol–water partition coefficient (Wildman–Crippen LogP) is 4.26. The fraction of sp³-hybridized carbons (Fsp3) is 0.355. The summed E-state index contributed by atoms with van der Waals surface area (Å²) in [6.45, 7) is 6.68. The van der Waals surface area contributed by atoms with Crippen LogP contribution in [0, 0.1) is 0 Å². The third-order valence-electron chi connectivity index (χ3n) is 6.56. The first-order valence-corrected chi connectivity index (χ1v) is 13.2. The molecule has 0 saturated heterocycles. The second-order valence-corrected chi connectivity index (χ2v) is 10.0. The number of hydrogen-bond donors (Lipinski definition) is 4. The van der Waals surface area contributed by atoms with Gasteiger partial charge in [-0.25, -0.2) is 0 Å². The zero-order valence-corrected chi connectivity index (χ0v) is 22.5. The predicted molar refractivity (Wildman–Crippen MR) is 149 cm³/mol. The average molecular weight is 535 g/mol. The minimum atomic E-state index is -0.629. The third kappa shape index (κ3) is 8.73. The Morgan fingerprint density at radius 2 is 1.08 bits per heavy atom. The molecule has 8 heteroatoms. The van der Waals surface area contributed by atoms with Crippen molar-refractivity contribution in [3.63, 3.8) is 0 Å². The second kappa shape index (κ2) is 14.0. The highest BCUT2D eigenvalue weighted by atomic mass is 16.5. The summed E-state index contributed by atoms with van der Waals surface area (Å²) in [6, 6.07) is 23.4. The van der Waals surface area contributed by atoms with Gasteiger partial charge in [0.05, 0.1) is 25.6 Å². The van der Waals surface area contributed by atoms with Crippen molar-refractivity contribution >= 4 is 0 Å². The SMILES string of the molecule is CC(C)(c1ccc(OCC(O)CNCc2ccco2)cc1)c1ccc(OCC(O)CNCc2ccco2)cc1. The Kier molecular flexibility index (Phi) is 10.2. The van der Waals surface area contributed by atoms with E-state index in [1.54, 1.807) is 12.5 Å². The van der Waals surface area contributed by atoms with Crippen LogP contribution in [0.15, 0.2) is 94.2 Å². The number of aliphatic hydroxyl groups is 2. The molecule has 0 fully saturated rings. The van der Waals surface area contributed by atoms with E-state index in [2.05, 4.69) is 24.5 Å². The summed E-state index contributed by atoms with van der Waals surface area (Å²) in [6.07, 6.45) is 2.00. The summed E-state index contributed by atoms with van der Waals surface area (Å²) in [7, 11) is 0. The molecule has 0 saturated carbocycles. The zero-order chi connectivity index (χ0) is 27.5. The van der Waals surface area contributed by atoms with Gasteiger partial charge in [0.25, 0.3) is 0 Å². The van der Waals surface area contributed by atoms with E-state index in [1.165, 1.54) is 0 Å². The molecule has 2 unspecified atom stereocenters. The molecule has 2 atom stereocenters. The highest BCUT2D eigenvalue weighted by Gasteiger charge is 2.23. The van der Waals surface area contributed by atoms with Gasteiger partial charge in [-0.1, -0.05) is 38.1 Å². The molecule has 4 rings (SSSR count). The molecule has 2 aromatic carbocycles. The third-order valence-corrected chi connectivity index (χ3v) is 6.56. The largest absolute Gasteiger partial charge is 0.491 e. The lowest BCUT2D eigenvalue weighted by atomic mass is 9.78. The molecule has 0 aliphatic rings. The monoisotopic (exact) mass is 534 g/mol. The molecule has 208 valence electrons. The highest BCUT2D eigenvalue weighted by Crippen LogP contribution is 2.33. The Bertz CT molecular complexity index is 1110. The quantitative estimate of drug-likeness (QED) is 0.169. The fourth-order valence-corrected chi connectivity index (χ4v) is 4.16. The van der Waals surface area contributed by atoms with Crippen LogP contribution in [0.25, 0.3) is 0 Å². The molecule has 0 aliphatic heterocycles. The summed E-state index contributed by atoms with van der Waals surface area (Å²) in [5.41, 5.74) is 2.05. The first-order valence-electron chi connectivity index (χ1n) is 13.2. The van der Waals surface area contributed by atoms with E-state index in [1.807, 2.05) is 72.8 Å². The summed E-state index contributed by atoms with van der Waals surface area (Å²) in [5.74, 6) is 3.07. The van der Waals surface area contributed by atoms with Gasteiger partial charge in [-0.05, 0) is 59.7 Å². The van der Waals surface area contributed by atoms with Crippen LogP contribution in [-0.2, 0) is 18.5 Å². The number of nitrogens with one attached hydrogen (secondary N) is 2. The fourth-order valence-electron chi connectivity index (χ4n) is 4.16. The van der Waals surface area contributed by atoms with Crippen LogP contribution < -0.4 is 20.1 Å². The van der Waals surface area contributed by atoms with E-state index < -0.39 is 12.2 Å². The van der Waals surface area contributed by atoms with Crippen molar-refractivity contribution in [2.75, 3.05) is 26.3 Å². The van der Waals surface area contributed by atoms with E-state index in [0.29, 0.717) is 37.7 Å². The van der Waals surface area contributed by atoms with Crippen LogP contribution in [0.3, 0.4) is 0 Å². The first kappa shape index (κ1) is 28.4. The molecule has 2 heterocycles. The molecule has 0 bridgehead atoms. The number of aliphatic hydroxyl groups excluding tert-OH is 2. The van der Waals surface area contributed by atoms with E-state index in [-0.39, 0.29) is 18.6 Å². The maximum atomic E-state index is 10.2. The molecule has 0 amide bonds. The maximum absolute atomic E-state index is 10.2. The second-order valence-electron chi connectivity index (χ2n) is 10.0. The lowest BCUT2D eigenvalue weighted by molar-refractivity contribution is 0.105. The lowest BCUT2D eigenvalue weighted by Crippen LogP contribution is -2.31. The highest BCUT2D eigenvalue weighted by molar-refractivity contribution is 5.41. The van der Waals surface area contributed by atoms with E-state index in [0.717, 1.165) is 22.6 Å². The first-order chi connectivity index (χ1) is 18.9. The normalized spacial score (nSPS) is 13.2. The van der Waals surface area contributed by atoms with Crippen LogP contribution in [0.4, 0.5) is 0 Å². The summed E-state index contributed by atoms with van der Waals surface area (Å²) in [4.78, 5) is 0. The van der Waals surface area contributed by atoms with Crippen molar-refractivity contribution in [3.8, 4) is 11.5 Å². The van der Waals surface area contributed by atoms with Gasteiger partial charge >= 0.3 is 0 Å². The Hall–Kier alpha value is -3.56. The van der Waals surface area contributed by atoms with E-state index in [4.69, 9.17) is 18.3 Å². The average Bonchev–Trinajstić information content (AvgIpc) is 3.66. The van der Waals surface area contributed by atoms with Crippen LogP contribution in [0.5, 0.6) is 11.5 Å². The van der Waals surface area contributed by atoms with Gasteiger partial charge in [0.1, 0.15) is 48.4 Å². The van der Waals surface area contributed by atoms with Gasteiger partial charge in [0.2, 0.25) is 0 Å². The molecule has 4 N–H and O–H groups in total. The van der Waals surface area contributed by atoms with E-state index >= 15 is 0 Å². The minimum Gasteiger partial charge on any atom is -0.491 e. The number of furan rings is 2. The van der Waals surface area contributed by atoms with Gasteiger partial charge in [-0.15, -0.1) is 0 Å². The molecule has 8 nitrogen and oxygen atoms in total. The molecule has 4 aromatic rings. The topological polar surface area (TPSA) is 109 Å². The maximum Gasteiger partial charge on any atom is 0.119 e. The van der Waals surface area contributed by atoms with Gasteiger partial charge in [0.15, 0.2) is 0 Å². The van der Waals surface area contributed by atoms with Gasteiger partial charge in [0, 0.05) is 18.5 Å². The van der Waals surface area contributed by atoms with Crippen LogP contribution in [-0.4, -0.2) is 48.7 Å². The zero-order valence-electron chi connectivity index (χ0n) is 22.5. The van der Waals surface area contributed by atoms with Crippen LogP contribution >= 0.6 is 0 Å². The number of ether oxygens (including phenoxy) is 2. The van der Waals surface area contributed by atoms with Crippen LogP contribution in [0.1, 0.15) is 36.5 Å². The van der Waals surface area contributed by atoms with Gasteiger partial charge in [-0.3, -0.25) is 0 Å². The summed E-state index contributed by atoms with van der Waals surface area (Å²) < 4.78 is 22.1. The Balaban J connectivity index is 1.20. The van der Waals surface area contributed by atoms with E-state index in [9.17, 15) is 10.2 Å². The Morgan fingerprint density at radius 1 is 0.667 bits per heavy atom. The molecular formula is C31H38N2O6. The molecule has 39 heavy (non-hydrogen) atoms. The Labute approximate surface area is 229 Å². The smallest absolute Gasteiger partial charge is 0.119 e. The molecular weight excluding hydrogens is 496 g/mol. The standard InChI is InChI=1S/C31H38N2O6/c1-31(2,23-7-11-27(12-8-23)38-21-25(34)17-32-19-29-5-3-15-36-29)24-9-13-28(14-10-24)39-22-26(35)18-33-20-30-6-4-16-37-30/h3-16,25-26,32-35H,17-22H2,1-2H3. The van der Waals surface area contributed by atoms with Gasteiger partial charge < -0.3 is 39.2 Å². The molecule has 0 radical (unpaired) electrons. The summed E-state index contributed by atoms with van der Waals surface area (Å²) >= 11 is 0. The lowest BCUT2D eigenvalue weighted by Gasteiger charge is -2.26. The Morgan fingerprint density at radius 3 is 1.44 bits per heavy atom. The molecule has 0 aliphatic carbocycles. The van der Waals surface area contributed by atoms with Crippen molar-refractivity contribution in [2.45, 2.75) is 44.6 Å². The molecule has 0 spiro atoms. The number of rotatable bonds is 16.